The number of anilines is 1. The molecule has 1 aliphatic rings. The van der Waals surface area contributed by atoms with Crippen LogP contribution in [0.25, 0.3) is 11.0 Å². The molecule has 1 aliphatic heterocycles. The highest BCUT2D eigenvalue weighted by Gasteiger charge is 2.23. The largest absolute Gasteiger partial charge is 0.336 e. The summed E-state index contributed by atoms with van der Waals surface area (Å²) in [6, 6.07) is 6.07. The summed E-state index contributed by atoms with van der Waals surface area (Å²) in [6.45, 7) is 5.05. The van der Waals surface area contributed by atoms with E-state index in [4.69, 9.17) is 0 Å². The highest BCUT2D eigenvalue weighted by Crippen LogP contribution is 2.18. The molecule has 2 heterocycles. The van der Waals surface area contributed by atoms with E-state index in [-0.39, 0.29) is 6.03 Å². The number of nitrogens with one attached hydrogen (secondary N) is 2. The average Bonchev–Trinajstić information content (AvgIpc) is 3.12. The van der Waals surface area contributed by atoms with Crippen molar-refractivity contribution in [2.45, 2.75) is 25.8 Å². The molecule has 2 N–H and O–H groups in total. The minimum absolute atomic E-state index is 0.154. The van der Waals surface area contributed by atoms with Crippen LogP contribution in [0.3, 0.4) is 0 Å². The van der Waals surface area contributed by atoms with Crippen molar-refractivity contribution in [3.05, 3.63) is 24.5 Å². The number of rotatable bonds is 4. The number of hydrogen-bond donors (Lipinski definition) is 2. The van der Waals surface area contributed by atoms with Gasteiger partial charge in [-0.2, -0.15) is 0 Å². The van der Waals surface area contributed by atoms with Crippen molar-refractivity contribution < 1.29 is 4.79 Å². The average molecular weight is 301 g/mol. The number of aromatic nitrogens is 2. The molecule has 1 atom stereocenters. The van der Waals surface area contributed by atoms with Gasteiger partial charge in [-0.3, -0.25) is 4.90 Å². The standard InChI is InChI=1S/C16H23N5O/c1-3-21-8-4-5-13(21)10-17-16(22)19-12-6-7-15-14(9-12)18-11-20(15)2/h6-7,9,11,13H,3-5,8,10H2,1-2H3,(H2,17,19,22). The number of carbonyl (C=O) groups excluding carboxylic acids is 1. The van der Waals surface area contributed by atoms with E-state index in [1.807, 2.05) is 29.8 Å². The Labute approximate surface area is 130 Å². The van der Waals surface area contributed by atoms with Crippen molar-refractivity contribution in [2.24, 2.45) is 7.05 Å². The predicted molar refractivity (Wildman–Crippen MR) is 88.0 cm³/mol. The monoisotopic (exact) mass is 301 g/mol. The third-order valence-corrected chi connectivity index (χ3v) is 4.39. The Balaban J connectivity index is 1.56. The number of imidazole rings is 1. The SMILES string of the molecule is CCN1CCCC1CNC(=O)Nc1ccc2c(c1)ncn2C. The Morgan fingerprint density at radius 3 is 3.14 bits per heavy atom. The van der Waals surface area contributed by atoms with Crippen LogP contribution in [-0.4, -0.2) is 46.2 Å². The van der Waals surface area contributed by atoms with Crippen molar-refractivity contribution in [1.82, 2.24) is 19.8 Å². The molecule has 1 aromatic heterocycles. The number of likely N-dealkylation sites (tertiary alicyclic amines) is 1. The Bertz CT molecular complexity index is 666. The first-order chi connectivity index (χ1) is 10.7. The van der Waals surface area contributed by atoms with E-state index in [1.54, 1.807) is 6.33 Å². The molecule has 0 bridgehead atoms. The summed E-state index contributed by atoms with van der Waals surface area (Å²) in [5.41, 5.74) is 2.70. The molecule has 6 heteroatoms. The smallest absolute Gasteiger partial charge is 0.319 e. The number of fused-ring (bicyclic) bond motifs is 1. The van der Waals surface area contributed by atoms with Crippen molar-refractivity contribution in [3.8, 4) is 0 Å². The highest BCUT2D eigenvalue weighted by molar-refractivity contribution is 5.91. The fourth-order valence-electron chi connectivity index (χ4n) is 3.14. The van der Waals surface area contributed by atoms with Crippen molar-refractivity contribution in [1.29, 1.82) is 0 Å². The molecule has 0 spiro atoms. The number of hydrogen-bond acceptors (Lipinski definition) is 3. The van der Waals surface area contributed by atoms with Crippen LogP contribution in [0.4, 0.5) is 10.5 Å². The molecule has 0 saturated carbocycles. The molecule has 22 heavy (non-hydrogen) atoms. The van der Waals surface area contributed by atoms with E-state index in [1.165, 1.54) is 6.42 Å². The molecule has 0 aliphatic carbocycles. The van der Waals surface area contributed by atoms with Crippen LogP contribution in [-0.2, 0) is 7.05 Å². The summed E-state index contributed by atoms with van der Waals surface area (Å²) in [5.74, 6) is 0. The van der Waals surface area contributed by atoms with Gasteiger partial charge in [0.15, 0.2) is 0 Å². The van der Waals surface area contributed by atoms with Gasteiger partial charge in [-0.15, -0.1) is 0 Å². The summed E-state index contributed by atoms with van der Waals surface area (Å²) < 4.78 is 1.96. The van der Waals surface area contributed by atoms with Crippen LogP contribution < -0.4 is 10.6 Å². The summed E-state index contributed by atoms with van der Waals surface area (Å²) in [7, 11) is 1.95. The van der Waals surface area contributed by atoms with Gasteiger partial charge in [-0.25, -0.2) is 9.78 Å². The first-order valence-corrected chi connectivity index (χ1v) is 7.87. The van der Waals surface area contributed by atoms with E-state index in [0.29, 0.717) is 12.6 Å². The number of benzene rings is 1. The molecule has 118 valence electrons. The van der Waals surface area contributed by atoms with Crippen molar-refractivity contribution >= 4 is 22.8 Å². The number of carbonyl (C=O) groups is 1. The molecule has 1 saturated heterocycles. The minimum atomic E-state index is -0.154. The summed E-state index contributed by atoms with van der Waals surface area (Å²) in [4.78, 5) is 18.8. The van der Waals surface area contributed by atoms with Crippen molar-refractivity contribution in [2.75, 3.05) is 25.0 Å². The third-order valence-electron chi connectivity index (χ3n) is 4.39. The van der Waals surface area contributed by atoms with Gasteiger partial charge in [0, 0.05) is 25.3 Å². The zero-order valence-electron chi connectivity index (χ0n) is 13.2. The zero-order valence-corrected chi connectivity index (χ0v) is 13.2. The Morgan fingerprint density at radius 2 is 2.32 bits per heavy atom. The van der Waals surface area contributed by atoms with Gasteiger partial charge in [0.1, 0.15) is 0 Å². The fourth-order valence-corrected chi connectivity index (χ4v) is 3.14. The van der Waals surface area contributed by atoms with Crippen LogP contribution in [0.5, 0.6) is 0 Å². The summed E-state index contributed by atoms with van der Waals surface area (Å²) in [6.07, 6.45) is 4.15. The lowest BCUT2D eigenvalue weighted by Gasteiger charge is -2.22. The maximum absolute atomic E-state index is 12.0. The van der Waals surface area contributed by atoms with Crippen LogP contribution in [0, 0.1) is 0 Å². The molecule has 2 amide bonds. The Hall–Kier alpha value is -2.08. The van der Waals surface area contributed by atoms with Gasteiger partial charge in [-0.05, 0) is 44.1 Å². The van der Waals surface area contributed by atoms with Gasteiger partial charge in [0.25, 0.3) is 0 Å². The lowest BCUT2D eigenvalue weighted by atomic mass is 10.2. The second kappa shape index (κ2) is 6.36. The number of nitrogens with zero attached hydrogens (tertiary/aromatic N) is 3. The number of amides is 2. The molecule has 2 aromatic rings. The summed E-state index contributed by atoms with van der Waals surface area (Å²) >= 11 is 0. The molecule has 1 unspecified atom stereocenters. The Morgan fingerprint density at radius 1 is 1.45 bits per heavy atom. The van der Waals surface area contributed by atoms with E-state index in [2.05, 4.69) is 27.4 Å². The van der Waals surface area contributed by atoms with E-state index < -0.39 is 0 Å². The first-order valence-electron chi connectivity index (χ1n) is 7.87. The molecular weight excluding hydrogens is 278 g/mol. The second-order valence-electron chi connectivity index (χ2n) is 5.82. The number of likely N-dealkylation sites (N-methyl/N-ethyl adjacent to an activating group) is 1. The normalized spacial score (nSPS) is 18.7. The van der Waals surface area contributed by atoms with Gasteiger partial charge in [0.2, 0.25) is 0 Å². The van der Waals surface area contributed by atoms with Gasteiger partial charge >= 0.3 is 6.03 Å². The van der Waals surface area contributed by atoms with Crippen molar-refractivity contribution in [3.63, 3.8) is 0 Å². The Kier molecular flexibility index (Phi) is 4.29. The second-order valence-corrected chi connectivity index (χ2v) is 5.82. The number of aryl methyl sites for hydroxylation is 1. The molecular formula is C16H23N5O. The molecule has 3 rings (SSSR count). The van der Waals surface area contributed by atoms with E-state index in [0.717, 1.165) is 36.2 Å². The topological polar surface area (TPSA) is 62.2 Å². The van der Waals surface area contributed by atoms with E-state index in [9.17, 15) is 4.79 Å². The van der Waals surface area contributed by atoms with Gasteiger partial charge in [-0.1, -0.05) is 6.92 Å². The predicted octanol–water partition coefficient (Wildman–Crippen LogP) is 2.18. The molecule has 1 aromatic carbocycles. The lowest BCUT2D eigenvalue weighted by Crippen LogP contribution is -2.41. The molecule has 6 nitrogen and oxygen atoms in total. The maximum Gasteiger partial charge on any atom is 0.319 e. The van der Waals surface area contributed by atoms with E-state index >= 15 is 0 Å². The van der Waals surface area contributed by atoms with Gasteiger partial charge < -0.3 is 15.2 Å². The molecule has 1 fully saturated rings. The zero-order chi connectivity index (χ0) is 15.5. The summed E-state index contributed by atoms with van der Waals surface area (Å²) in [5, 5.41) is 5.86. The third kappa shape index (κ3) is 3.06. The highest BCUT2D eigenvalue weighted by atomic mass is 16.2. The maximum atomic E-state index is 12.0. The van der Waals surface area contributed by atoms with Crippen LogP contribution in [0.1, 0.15) is 19.8 Å². The van der Waals surface area contributed by atoms with Crippen LogP contribution in [0.15, 0.2) is 24.5 Å². The van der Waals surface area contributed by atoms with Gasteiger partial charge in [0.05, 0.1) is 17.4 Å². The fraction of sp³-hybridized carbons (Fsp3) is 0.500. The first kappa shape index (κ1) is 14.8. The lowest BCUT2D eigenvalue weighted by molar-refractivity contribution is 0.238. The molecule has 0 radical (unpaired) electrons. The minimum Gasteiger partial charge on any atom is -0.336 e. The number of urea groups is 1. The quantitative estimate of drug-likeness (QED) is 0.910. The van der Waals surface area contributed by atoms with Crippen LogP contribution >= 0.6 is 0 Å². The van der Waals surface area contributed by atoms with Crippen LogP contribution in [0.2, 0.25) is 0 Å².